The summed E-state index contributed by atoms with van der Waals surface area (Å²) in [7, 11) is 1.69. The van der Waals surface area contributed by atoms with Crippen LogP contribution in [0.1, 0.15) is 32.3 Å². The highest BCUT2D eigenvalue weighted by Gasteiger charge is 2.09. The van der Waals surface area contributed by atoms with Crippen LogP contribution in [-0.2, 0) is 6.42 Å². The largest absolute Gasteiger partial charge is 0.497 e. The van der Waals surface area contributed by atoms with E-state index in [2.05, 4.69) is 37.2 Å². The lowest BCUT2D eigenvalue weighted by atomic mass is 10.0. The molecule has 1 aromatic carbocycles. The summed E-state index contributed by atoms with van der Waals surface area (Å²) in [5, 5.41) is 3.57. The molecule has 0 spiro atoms. The van der Waals surface area contributed by atoms with Crippen LogP contribution in [0.5, 0.6) is 5.75 Å². The molecule has 1 aromatic rings. The molecule has 2 heteroatoms. The molecule has 0 bridgehead atoms. The molecule has 1 N–H and O–H groups in total. The average Bonchev–Trinajstić information content (AvgIpc) is 2.39. The maximum atomic E-state index is 5.36. The van der Waals surface area contributed by atoms with Crippen molar-refractivity contribution in [2.75, 3.05) is 7.11 Å². The Bertz CT molecular complexity index is 377. The molecule has 0 aromatic heterocycles. The molecular weight excluding hydrogens is 222 g/mol. The second-order valence-electron chi connectivity index (χ2n) is 4.63. The van der Waals surface area contributed by atoms with Gasteiger partial charge in [-0.05, 0) is 37.5 Å². The first kappa shape index (κ1) is 14.6. The van der Waals surface area contributed by atoms with Crippen LogP contribution < -0.4 is 10.1 Å². The lowest BCUT2D eigenvalue weighted by Crippen LogP contribution is -2.37. The molecule has 0 heterocycles. The maximum Gasteiger partial charge on any atom is 0.118 e. The fourth-order valence-corrected chi connectivity index (χ4v) is 2.04. The molecule has 98 valence electrons. The fraction of sp³-hybridized carbons (Fsp3) is 0.500. The summed E-state index contributed by atoms with van der Waals surface area (Å²) in [6.07, 6.45) is 8.23. The van der Waals surface area contributed by atoms with Gasteiger partial charge in [-0.2, -0.15) is 0 Å². The summed E-state index contributed by atoms with van der Waals surface area (Å²) in [4.78, 5) is 0. The Labute approximate surface area is 111 Å². The van der Waals surface area contributed by atoms with Crippen molar-refractivity contribution in [3.8, 4) is 18.1 Å². The van der Waals surface area contributed by atoms with Gasteiger partial charge in [0.25, 0.3) is 0 Å². The number of rotatable bonds is 7. The van der Waals surface area contributed by atoms with Crippen molar-refractivity contribution >= 4 is 0 Å². The minimum absolute atomic E-state index is 0.420. The number of hydrogen-bond donors (Lipinski definition) is 1. The zero-order chi connectivity index (χ0) is 13.4. The zero-order valence-corrected chi connectivity index (χ0v) is 11.6. The Hall–Kier alpha value is -1.46. The van der Waals surface area contributed by atoms with Crippen molar-refractivity contribution in [1.82, 2.24) is 5.32 Å². The van der Waals surface area contributed by atoms with Crippen LogP contribution in [0.4, 0.5) is 0 Å². The molecule has 0 saturated carbocycles. The van der Waals surface area contributed by atoms with Crippen LogP contribution in [0.2, 0.25) is 0 Å². The monoisotopic (exact) mass is 245 g/mol. The van der Waals surface area contributed by atoms with Crippen molar-refractivity contribution in [3.05, 3.63) is 29.8 Å². The first-order valence-electron chi connectivity index (χ1n) is 6.52. The van der Waals surface area contributed by atoms with E-state index >= 15 is 0 Å². The number of benzene rings is 1. The van der Waals surface area contributed by atoms with Gasteiger partial charge in [0.05, 0.1) is 7.11 Å². The van der Waals surface area contributed by atoms with E-state index in [9.17, 15) is 0 Å². The van der Waals surface area contributed by atoms with Gasteiger partial charge in [0.15, 0.2) is 0 Å². The third-order valence-electron chi connectivity index (χ3n) is 3.08. The van der Waals surface area contributed by atoms with E-state index in [1.807, 2.05) is 12.1 Å². The average molecular weight is 245 g/mol. The predicted molar refractivity (Wildman–Crippen MR) is 76.8 cm³/mol. The Morgan fingerprint density at radius 3 is 2.50 bits per heavy atom. The van der Waals surface area contributed by atoms with Gasteiger partial charge in [-0.25, -0.2) is 0 Å². The first-order valence-corrected chi connectivity index (χ1v) is 6.52. The van der Waals surface area contributed by atoms with E-state index in [0.29, 0.717) is 12.1 Å². The highest BCUT2D eigenvalue weighted by atomic mass is 16.5. The van der Waals surface area contributed by atoms with Crippen LogP contribution in [0.3, 0.4) is 0 Å². The predicted octanol–water partition coefficient (Wildman–Crippen LogP) is 3.02. The van der Waals surface area contributed by atoms with Gasteiger partial charge in [-0.15, -0.1) is 12.3 Å². The summed E-state index contributed by atoms with van der Waals surface area (Å²) in [5.74, 6) is 3.63. The number of hydrogen-bond acceptors (Lipinski definition) is 2. The quantitative estimate of drug-likeness (QED) is 0.746. The molecular formula is C16H23NO. The molecule has 1 rings (SSSR count). The fourth-order valence-electron chi connectivity index (χ4n) is 2.04. The Balaban J connectivity index is 2.47. The van der Waals surface area contributed by atoms with Gasteiger partial charge in [0.1, 0.15) is 5.75 Å². The van der Waals surface area contributed by atoms with Crippen molar-refractivity contribution in [3.63, 3.8) is 0 Å². The molecule has 18 heavy (non-hydrogen) atoms. The van der Waals surface area contributed by atoms with Crippen molar-refractivity contribution in [2.45, 2.75) is 45.2 Å². The number of methoxy groups -OCH3 is 1. The molecule has 0 fully saturated rings. The van der Waals surface area contributed by atoms with Crippen LogP contribution in [0.15, 0.2) is 24.3 Å². The van der Waals surface area contributed by atoms with E-state index in [1.54, 1.807) is 7.11 Å². The van der Waals surface area contributed by atoms with Crippen LogP contribution in [0.25, 0.3) is 0 Å². The first-order chi connectivity index (χ1) is 8.69. The van der Waals surface area contributed by atoms with E-state index in [0.717, 1.165) is 25.0 Å². The summed E-state index contributed by atoms with van der Waals surface area (Å²) in [5.41, 5.74) is 1.31. The summed E-state index contributed by atoms with van der Waals surface area (Å²) in [6, 6.07) is 9.07. The molecule has 0 saturated heterocycles. The van der Waals surface area contributed by atoms with Crippen molar-refractivity contribution in [2.24, 2.45) is 0 Å². The second kappa shape index (κ2) is 7.79. The maximum absolute atomic E-state index is 5.36. The van der Waals surface area contributed by atoms with E-state index in [4.69, 9.17) is 11.2 Å². The third kappa shape index (κ3) is 4.81. The highest BCUT2D eigenvalue weighted by molar-refractivity contribution is 5.27. The van der Waals surface area contributed by atoms with Crippen molar-refractivity contribution < 1.29 is 4.74 Å². The SMILES string of the molecule is C#CCC(CC)NC(C)Cc1ccc(OC)cc1. The summed E-state index contributed by atoms with van der Waals surface area (Å²) < 4.78 is 5.15. The van der Waals surface area contributed by atoms with Crippen LogP contribution in [-0.4, -0.2) is 19.2 Å². The lowest BCUT2D eigenvalue weighted by Gasteiger charge is -2.20. The van der Waals surface area contributed by atoms with Gasteiger partial charge in [-0.1, -0.05) is 19.1 Å². The molecule has 2 nitrogen and oxygen atoms in total. The van der Waals surface area contributed by atoms with Crippen LogP contribution in [0, 0.1) is 12.3 Å². The van der Waals surface area contributed by atoms with E-state index < -0.39 is 0 Å². The smallest absolute Gasteiger partial charge is 0.118 e. The van der Waals surface area contributed by atoms with Gasteiger partial charge in [-0.3, -0.25) is 0 Å². The normalized spacial score (nSPS) is 13.7. The Morgan fingerprint density at radius 2 is 2.00 bits per heavy atom. The standard InChI is InChI=1S/C16H23NO/c1-5-7-15(6-2)17-13(3)12-14-8-10-16(18-4)11-9-14/h1,8-11,13,15,17H,6-7,12H2,2-4H3. The molecule has 2 atom stereocenters. The topological polar surface area (TPSA) is 21.3 Å². The number of terminal acetylenes is 1. The zero-order valence-electron chi connectivity index (χ0n) is 11.6. The highest BCUT2D eigenvalue weighted by Crippen LogP contribution is 2.13. The Kier molecular flexibility index (Phi) is 6.32. The Morgan fingerprint density at radius 1 is 1.33 bits per heavy atom. The lowest BCUT2D eigenvalue weighted by molar-refractivity contribution is 0.414. The second-order valence-corrected chi connectivity index (χ2v) is 4.63. The molecule has 0 amide bonds. The van der Waals surface area contributed by atoms with Gasteiger partial charge >= 0.3 is 0 Å². The molecule has 0 aliphatic rings. The third-order valence-corrected chi connectivity index (χ3v) is 3.08. The van der Waals surface area contributed by atoms with Crippen molar-refractivity contribution in [1.29, 1.82) is 0 Å². The minimum Gasteiger partial charge on any atom is -0.497 e. The summed E-state index contributed by atoms with van der Waals surface area (Å²) >= 11 is 0. The number of ether oxygens (including phenoxy) is 1. The van der Waals surface area contributed by atoms with Gasteiger partial charge < -0.3 is 10.1 Å². The van der Waals surface area contributed by atoms with Gasteiger partial charge in [0, 0.05) is 18.5 Å². The van der Waals surface area contributed by atoms with E-state index in [-0.39, 0.29) is 0 Å². The molecule has 0 radical (unpaired) electrons. The minimum atomic E-state index is 0.420. The van der Waals surface area contributed by atoms with E-state index in [1.165, 1.54) is 5.56 Å². The summed E-state index contributed by atoms with van der Waals surface area (Å²) in [6.45, 7) is 4.36. The van der Waals surface area contributed by atoms with Gasteiger partial charge in [0.2, 0.25) is 0 Å². The molecule has 2 unspecified atom stereocenters. The van der Waals surface area contributed by atoms with Crippen LogP contribution >= 0.6 is 0 Å². The molecule has 0 aliphatic carbocycles. The molecule has 0 aliphatic heterocycles. The number of nitrogens with one attached hydrogen (secondary N) is 1.